The number of hydrogen-bond donors (Lipinski definition) is 2. The monoisotopic (exact) mass is 1110 g/mol. The highest BCUT2D eigenvalue weighted by Crippen LogP contribution is 2.43. The van der Waals surface area contributed by atoms with Crippen LogP contribution in [0, 0.1) is 0 Å². The number of nitrogens with one attached hydrogen (secondary N) is 1. The molecule has 0 aliphatic heterocycles. The van der Waals surface area contributed by atoms with Crippen molar-refractivity contribution < 1.29 is 37.3 Å². The predicted molar refractivity (Wildman–Crippen MR) is 332 cm³/mol. The van der Waals surface area contributed by atoms with Gasteiger partial charge in [-0.2, -0.15) is 0 Å². The normalized spacial score (nSPS) is 13.8. The van der Waals surface area contributed by atoms with Gasteiger partial charge in [0, 0.05) is 12.8 Å². The van der Waals surface area contributed by atoms with Crippen molar-refractivity contribution in [3.8, 4) is 0 Å². The molecular weight excluding hydrogens is 976 g/mol. The van der Waals surface area contributed by atoms with Crippen molar-refractivity contribution in [3.63, 3.8) is 0 Å². The molecule has 0 saturated carbocycles. The fourth-order valence-corrected chi connectivity index (χ4v) is 10.7. The zero-order valence-corrected chi connectivity index (χ0v) is 52.9. The van der Waals surface area contributed by atoms with Crippen LogP contribution in [0.4, 0.5) is 0 Å². The van der Waals surface area contributed by atoms with Gasteiger partial charge in [0.05, 0.1) is 33.8 Å². The Kier molecular flexibility index (Phi) is 56.1. The Bertz CT molecular complexity index is 1410. The average Bonchev–Trinajstić information content (AvgIpc) is 3.39. The molecule has 77 heavy (non-hydrogen) atoms. The minimum Gasteiger partial charge on any atom is -0.456 e. The minimum atomic E-state index is -4.44. The van der Waals surface area contributed by atoms with E-state index in [-0.39, 0.29) is 25.1 Å². The van der Waals surface area contributed by atoms with Crippen molar-refractivity contribution in [1.29, 1.82) is 0 Å². The molecule has 0 fully saturated rings. The molecule has 0 bridgehead atoms. The van der Waals surface area contributed by atoms with E-state index in [0.29, 0.717) is 23.9 Å². The van der Waals surface area contributed by atoms with Crippen LogP contribution >= 0.6 is 7.82 Å². The van der Waals surface area contributed by atoms with E-state index in [2.05, 4.69) is 50.4 Å². The Morgan fingerprint density at radius 1 is 0.455 bits per heavy atom. The maximum absolute atomic E-state index is 13.6. The van der Waals surface area contributed by atoms with Crippen LogP contribution in [0.1, 0.15) is 329 Å². The lowest BCUT2D eigenvalue weighted by Gasteiger charge is -2.27. The zero-order valence-electron chi connectivity index (χ0n) is 52.0. The lowest BCUT2D eigenvalue weighted by molar-refractivity contribution is -0.870. The summed E-state index contributed by atoms with van der Waals surface area (Å²) in [5.74, 6) is -0.488. The molecule has 454 valence electrons. The molecule has 0 aromatic heterocycles. The Morgan fingerprint density at radius 2 is 0.792 bits per heavy atom. The molecule has 0 aliphatic rings. The summed E-state index contributed by atoms with van der Waals surface area (Å²) < 4.78 is 30.7. The van der Waals surface area contributed by atoms with Crippen LogP contribution < -0.4 is 5.32 Å². The maximum atomic E-state index is 13.6. The first-order valence-electron chi connectivity index (χ1n) is 33.3. The van der Waals surface area contributed by atoms with Gasteiger partial charge in [-0.1, -0.05) is 289 Å². The van der Waals surface area contributed by atoms with Crippen molar-refractivity contribution in [2.45, 2.75) is 341 Å². The van der Waals surface area contributed by atoms with Crippen LogP contribution in [0.5, 0.6) is 0 Å². The molecule has 0 rings (SSSR count). The minimum absolute atomic E-state index is 0.0433. The van der Waals surface area contributed by atoms with Gasteiger partial charge < -0.3 is 19.4 Å². The molecule has 0 heterocycles. The van der Waals surface area contributed by atoms with Crippen LogP contribution in [-0.4, -0.2) is 74.3 Å². The zero-order chi connectivity index (χ0) is 56.4. The van der Waals surface area contributed by atoms with Crippen molar-refractivity contribution in [1.82, 2.24) is 5.32 Å². The van der Waals surface area contributed by atoms with Crippen LogP contribution in [0.25, 0.3) is 0 Å². The highest BCUT2D eigenvalue weighted by atomic mass is 31.2. The fraction of sp³-hybridized carbons (Fsp3) is 0.881. The highest BCUT2D eigenvalue weighted by Gasteiger charge is 2.30. The number of amides is 1. The number of hydrogen-bond acceptors (Lipinski definition) is 6. The standard InChI is InChI=1S/C67H129N2O7P/c1-7-10-13-16-19-22-25-28-30-31-32-33-34-35-36-37-38-39-40-41-44-47-50-53-56-59-66(70)68-64(63-75-77(72,73)74-62-61-69(4,5)6)65(58-55-52-49-46-43-27-24-21-18-15-12-9-3)76-67(71)60-57-54-51-48-45-42-29-26-23-20-17-14-11-8-2/h19,22,28,30,55,58,64-65H,7-18,20-21,23-27,29,31-54,56-57,59-63H2,1-6H3,(H-,68,70,72,73)/p+1/b22-19-,30-28-,58-55-. The Morgan fingerprint density at radius 3 is 1.19 bits per heavy atom. The summed E-state index contributed by atoms with van der Waals surface area (Å²) >= 11 is 0. The molecule has 10 heteroatoms. The summed E-state index contributed by atoms with van der Waals surface area (Å²) in [5, 5.41) is 3.07. The highest BCUT2D eigenvalue weighted by molar-refractivity contribution is 7.47. The SMILES string of the molecule is CCCCC/C=C\C/C=C\CCCCCCCCCCCCCCCCCC(=O)NC(COP(=O)(O)OCC[N+](C)(C)C)C(/C=C\CCCCCCCCCCCC)OC(=O)CCCCCCCCCCCCCCCC. The summed E-state index contributed by atoms with van der Waals surface area (Å²) in [7, 11) is 1.51. The summed E-state index contributed by atoms with van der Waals surface area (Å²) in [4.78, 5) is 37.8. The fourth-order valence-electron chi connectivity index (χ4n) is 9.91. The van der Waals surface area contributed by atoms with E-state index in [0.717, 1.165) is 64.2 Å². The number of phosphoric ester groups is 1. The molecule has 1 amide bonds. The number of unbranched alkanes of at least 4 members (excludes halogenated alkanes) is 41. The first-order chi connectivity index (χ1) is 37.4. The number of phosphoric acid groups is 1. The number of quaternary nitrogens is 1. The summed E-state index contributed by atoms with van der Waals surface area (Å²) in [6, 6.07) is -0.843. The molecule has 2 N–H and O–H groups in total. The molecule has 0 aromatic carbocycles. The van der Waals surface area contributed by atoms with Crippen molar-refractivity contribution >= 4 is 19.7 Å². The van der Waals surface area contributed by atoms with Gasteiger partial charge in [-0.05, 0) is 63.9 Å². The average molecular weight is 1110 g/mol. The van der Waals surface area contributed by atoms with Gasteiger partial charge in [-0.3, -0.25) is 18.6 Å². The van der Waals surface area contributed by atoms with E-state index in [1.54, 1.807) is 0 Å². The number of nitrogens with zero attached hydrogens (tertiary/aromatic N) is 1. The van der Waals surface area contributed by atoms with E-state index >= 15 is 0 Å². The number of likely N-dealkylation sites (N-methyl/N-ethyl adjacent to an activating group) is 1. The van der Waals surface area contributed by atoms with Gasteiger partial charge in [0.2, 0.25) is 5.91 Å². The third-order valence-electron chi connectivity index (χ3n) is 15.1. The smallest absolute Gasteiger partial charge is 0.456 e. The molecule has 0 aromatic rings. The Balaban J connectivity index is 5.04. The van der Waals surface area contributed by atoms with Crippen molar-refractivity contribution in [3.05, 3.63) is 36.5 Å². The second-order valence-electron chi connectivity index (χ2n) is 24.0. The summed E-state index contributed by atoms with van der Waals surface area (Å²) in [5.41, 5.74) is 0. The predicted octanol–water partition coefficient (Wildman–Crippen LogP) is 20.7. The van der Waals surface area contributed by atoms with Gasteiger partial charge in [0.15, 0.2) is 0 Å². The second kappa shape index (κ2) is 57.5. The van der Waals surface area contributed by atoms with Crippen molar-refractivity contribution in [2.75, 3.05) is 40.9 Å². The summed E-state index contributed by atoms with van der Waals surface area (Å²) in [6.45, 7) is 7.03. The molecule has 0 spiro atoms. The van der Waals surface area contributed by atoms with E-state index in [9.17, 15) is 19.0 Å². The molecule has 3 unspecified atom stereocenters. The largest absolute Gasteiger partial charge is 0.472 e. The Labute approximate surface area is 478 Å². The summed E-state index contributed by atoms with van der Waals surface area (Å²) in [6.07, 6.45) is 70.0. The van der Waals surface area contributed by atoms with Crippen LogP contribution in [0.3, 0.4) is 0 Å². The number of rotatable bonds is 61. The quantitative estimate of drug-likeness (QED) is 0.0205. The topological polar surface area (TPSA) is 111 Å². The van der Waals surface area contributed by atoms with Gasteiger partial charge in [-0.25, -0.2) is 4.57 Å². The third kappa shape index (κ3) is 58.7. The molecule has 3 atom stereocenters. The first kappa shape index (κ1) is 75.2. The molecule has 0 radical (unpaired) electrons. The molecule has 0 saturated heterocycles. The van der Waals surface area contributed by atoms with Crippen LogP contribution in [0.2, 0.25) is 0 Å². The molecular formula is C67H130N2O7P+. The van der Waals surface area contributed by atoms with E-state index in [1.807, 2.05) is 33.3 Å². The van der Waals surface area contributed by atoms with E-state index in [4.69, 9.17) is 13.8 Å². The van der Waals surface area contributed by atoms with E-state index < -0.39 is 20.0 Å². The van der Waals surface area contributed by atoms with Crippen LogP contribution in [0.15, 0.2) is 36.5 Å². The maximum Gasteiger partial charge on any atom is 0.472 e. The third-order valence-corrected chi connectivity index (χ3v) is 16.1. The van der Waals surface area contributed by atoms with Crippen LogP contribution in [-0.2, 0) is 27.9 Å². The first-order valence-corrected chi connectivity index (χ1v) is 34.8. The van der Waals surface area contributed by atoms with Gasteiger partial charge in [0.1, 0.15) is 19.3 Å². The number of ether oxygens (including phenoxy) is 1. The number of carbonyl (C=O) groups is 2. The molecule has 0 aliphatic carbocycles. The lowest BCUT2D eigenvalue weighted by Crippen LogP contribution is -2.47. The number of carbonyl (C=O) groups excluding carboxylic acids is 2. The van der Waals surface area contributed by atoms with E-state index in [1.165, 1.54) is 231 Å². The van der Waals surface area contributed by atoms with Crippen molar-refractivity contribution in [2.24, 2.45) is 0 Å². The second-order valence-corrected chi connectivity index (χ2v) is 25.5. The lowest BCUT2D eigenvalue weighted by atomic mass is 10.0. The van der Waals surface area contributed by atoms with Gasteiger partial charge in [0.25, 0.3) is 0 Å². The number of allylic oxidation sites excluding steroid dienone is 5. The van der Waals surface area contributed by atoms with Gasteiger partial charge in [-0.15, -0.1) is 0 Å². The molecule has 9 nitrogen and oxygen atoms in total. The Hall–Kier alpha value is -1.77. The number of esters is 1. The van der Waals surface area contributed by atoms with Gasteiger partial charge >= 0.3 is 13.8 Å².